The third-order valence-electron chi connectivity index (χ3n) is 2.24. The standard InChI is InChI=1S/C12H21N3/c1-6-13-10(2)7-15-8-11(14-9-15)12(3,4)5/h8-9H,6-7H2,1-5H3/b13-10+. The molecule has 0 amide bonds. The maximum absolute atomic E-state index is 4.41. The van der Waals surface area contributed by atoms with Crippen molar-refractivity contribution >= 4 is 5.71 Å². The SMILES string of the molecule is CC/N=C(\C)Cn1cnc(C(C)(C)C)c1. The number of hydrogen-bond acceptors (Lipinski definition) is 2. The molecular weight excluding hydrogens is 186 g/mol. The van der Waals surface area contributed by atoms with Crippen LogP contribution in [-0.2, 0) is 12.0 Å². The molecule has 1 rings (SSSR count). The van der Waals surface area contributed by atoms with E-state index in [1.807, 2.05) is 6.33 Å². The van der Waals surface area contributed by atoms with Gasteiger partial charge in [0.25, 0.3) is 0 Å². The zero-order valence-corrected chi connectivity index (χ0v) is 10.4. The Morgan fingerprint density at radius 1 is 1.47 bits per heavy atom. The summed E-state index contributed by atoms with van der Waals surface area (Å²) in [5, 5.41) is 0. The molecular formula is C12H21N3. The fourth-order valence-corrected chi connectivity index (χ4v) is 1.42. The van der Waals surface area contributed by atoms with E-state index in [4.69, 9.17) is 0 Å². The Balaban J connectivity index is 2.73. The number of hydrogen-bond donors (Lipinski definition) is 0. The molecule has 84 valence electrons. The molecule has 15 heavy (non-hydrogen) atoms. The first-order chi connectivity index (χ1) is 6.93. The van der Waals surface area contributed by atoms with Crippen molar-refractivity contribution in [3.05, 3.63) is 18.2 Å². The van der Waals surface area contributed by atoms with Gasteiger partial charge in [-0.25, -0.2) is 4.98 Å². The Morgan fingerprint density at radius 2 is 2.13 bits per heavy atom. The second-order valence-electron chi connectivity index (χ2n) is 4.89. The molecule has 0 aliphatic rings. The van der Waals surface area contributed by atoms with Crippen molar-refractivity contribution in [2.24, 2.45) is 4.99 Å². The molecule has 0 unspecified atom stereocenters. The average Bonchev–Trinajstić information content (AvgIpc) is 2.52. The van der Waals surface area contributed by atoms with E-state index in [1.54, 1.807) is 0 Å². The number of aromatic nitrogens is 2. The van der Waals surface area contributed by atoms with E-state index in [-0.39, 0.29) is 5.41 Å². The summed E-state index contributed by atoms with van der Waals surface area (Å²) in [7, 11) is 0. The molecule has 0 aliphatic heterocycles. The number of imidazole rings is 1. The van der Waals surface area contributed by atoms with Gasteiger partial charge in [-0.1, -0.05) is 20.8 Å². The highest BCUT2D eigenvalue weighted by molar-refractivity contribution is 5.81. The van der Waals surface area contributed by atoms with Crippen LogP contribution in [0.15, 0.2) is 17.5 Å². The van der Waals surface area contributed by atoms with Crippen molar-refractivity contribution in [2.45, 2.75) is 46.6 Å². The third kappa shape index (κ3) is 3.50. The zero-order chi connectivity index (χ0) is 11.5. The van der Waals surface area contributed by atoms with Gasteiger partial charge in [-0.15, -0.1) is 0 Å². The van der Waals surface area contributed by atoms with Crippen LogP contribution in [0.5, 0.6) is 0 Å². The van der Waals surface area contributed by atoms with E-state index in [0.29, 0.717) is 0 Å². The Labute approximate surface area is 92.2 Å². The van der Waals surface area contributed by atoms with Crippen LogP contribution in [0.4, 0.5) is 0 Å². The summed E-state index contributed by atoms with van der Waals surface area (Å²) in [4.78, 5) is 8.77. The lowest BCUT2D eigenvalue weighted by atomic mass is 9.93. The molecule has 0 aliphatic carbocycles. The van der Waals surface area contributed by atoms with Crippen molar-refractivity contribution in [1.29, 1.82) is 0 Å². The van der Waals surface area contributed by atoms with Crippen molar-refractivity contribution in [3.8, 4) is 0 Å². The lowest BCUT2D eigenvalue weighted by Gasteiger charge is -2.14. The Morgan fingerprint density at radius 3 is 2.60 bits per heavy atom. The van der Waals surface area contributed by atoms with Gasteiger partial charge in [0.1, 0.15) is 0 Å². The topological polar surface area (TPSA) is 30.2 Å². The second-order valence-corrected chi connectivity index (χ2v) is 4.89. The highest BCUT2D eigenvalue weighted by Crippen LogP contribution is 2.19. The molecule has 0 saturated carbocycles. The molecule has 0 aromatic carbocycles. The summed E-state index contributed by atoms with van der Waals surface area (Å²) in [5.41, 5.74) is 2.41. The molecule has 0 N–H and O–H groups in total. The predicted octanol–water partition coefficient (Wildman–Crippen LogP) is 2.66. The first-order valence-corrected chi connectivity index (χ1v) is 5.45. The fourth-order valence-electron chi connectivity index (χ4n) is 1.42. The fraction of sp³-hybridized carbons (Fsp3) is 0.667. The van der Waals surface area contributed by atoms with Crippen LogP contribution in [-0.4, -0.2) is 21.8 Å². The van der Waals surface area contributed by atoms with Gasteiger partial charge in [-0.3, -0.25) is 4.99 Å². The van der Waals surface area contributed by atoms with Crippen LogP contribution >= 0.6 is 0 Å². The molecule has 0 saturated heterocycles. The molecule has 0 radical (unpaired) electrons. The monoisotopic (exact) mass is 207 g/mol. The highest BCUT2D eigenvalue weighted by Gasteiger charge is 2.16. The number of aliphatic imine (C=N–C) groups is 1. The van der Waals surface area contributed by atoms with E-state index in [2.05, 4.69) is 55.4 Å². The second kappa shape index (κ2) is 4.60. The summed E-state index contributed by atoms with van der Waals surface area (Å²) >= 11 is 0. The molecule has 1 aromatic rings. The van der Waals surface area contributed by atoms with Crippen molar-refractivity contribution < 1.29 is 0 Å². The van der Waals surface area contributed by atoms with Gasteiger partial charge in [0, 0.05) is 23.9 Å². The lowest BCUT2D eigenvalue weighted by molar-refractivity contribution is 0.571. The van der Waals surface area contributed by atoms with Gasteiger partial charge < -0.3 is 4.57 Å². The normalized spacial score (nSPS) is 13.3. The van der Waals surface area contributed by atoms with Gasteiger partial charge in [0.15, 0.2) is 0 Å². The van der Waals surface area contributed by atoms with Gasteiger partial charge in [-0.2, -0.15) is 0 Å². The average molecular weight is 207 g/mol. The van der Waals surface area contributed by atoms with E-state index < -0.39 is 0 Å². The van der Waals surface area contributed by atoms with Crippen LogP contribution in [0.3, 0.4) is 0 Å². The van der Waals surface area contributed by atoms with E-state index >= 15 is 0 Å². The van der Waals surface area contributed by atoms with Crippen LogP contribution < -0.4 is 0 Å². The lowest BCUT2D eigenvalue weighted by Crippen LogP contribution is -2.11. The molecule has 0 spiro atoms. The first kappa shape index (κ1) is 12.0. The summed E-state index contributed by atoms with van der Waals surface area (Å²) in [6.07, 6.45) is 3.99. The molecule has 1 aromatic heterocycles. The molecule has 0 atom stereocenters. The highest BCUT2D eigenvalue weighted by atomic mass is 15.0. The van der Waals surface area contributed by atoms with Gasteiger partial charge >= 0.3 is 0 Å². The Kier molecular flexibility index (Phi) is 3.66. The maximum atomic E-state index is 4.41. The van der Waals surface area contributed by atoms with Crippen LogP contribution in [0.25, 0.3) is 0 Å². The summed E-state index contributed by atoms with van der Waals surface area (Å²) in [6, 6.07) is 0. The van der Waals surface area contributed by atoms with Gasteiger partial charge in [0.2, 0.25) is 0 Å². The summed E-state index contributed by atoms with van der Waals surface area (Å²) in [5.74, 6) is 0. The zero-order valence-electron chi connectivity index (χ0n) is 10.4. The van der Waals surface area contributed by atoms with Gasteiger partial charge in [0.05, 0.1) is 18.6 Å². The predicted molar refractivity (Wildman–Crippen MR) is 64.6 cm³/mol. The molecule has 3 nitrogen and oxygen atoms in total. The molecule has 0 bridgehead atoms. The minimum atomic E-state index is 0.126. The van der Waals surface area contributed by atoms with Crippen LogP contribution in [0.2, 0.25) is 0 Å². The number of rotatable bonds is 3. The van der Waals surface area contributed by atoms with Crippen LogP contribution in [0.1, 0.15) is 40.3 Å². The van der Waals surface area contributed by atoms with E-state index in [9.17, 15) is 0 Å². The summed E-state index contributed by atoms with van der Waals surface area (Å²) < 4.78 is 2.09. The molecule has 0 fully saturated rings. The first-order valence-electron chi connectivity index (χ1n) is 5.45. The number of nitrogens with zero attached hydrogens (tertiary/aromatic N) is 3. The van der Waals surface area contributed by atoms with Crippen LogP contribution in [0, 0.1) is 0 Å². The largest absolute Gasteiger partial charge is 0.332 e. The maximum Gasteiger partial charge on any atom is 0.0953 e. The van der Waals surface area contributed by atoms with Crippen molar-refractivity contribution in [1.82, 2.24) is 9.55 Å². The quantitative estimate of drug-likeness (QED) is 0.701. The summed E-state index contributed by atoms with van der Waals surface area (Å²) in [6.45, 7) is 12.3. The van der Waals surface area contributed by atoms with Crippen molar-refractivity contribution in [2.75, 3.05) is 6.54 Å². The molecule has 3 heteroatoms. The van der Waals surface area contributed by atoms with Gasteiger partial charge in [-0.05, 0) is 13.8 Å². The third-order valence-corrected chi connectivity index (χ3v) is 2.24. The van der Waals surface area contributed by atoms with E-state index in [1.165, 1.54) is 0 Å². The smallest absolute Gasteiger partial charge is 0.0953 e. The van der Waals surface area contributed by atoms with Crippen molar-refractivity contribution in [3.63, 3.8) is 0 Å². The molecule has 1 heterocycles. The Bertz CT molecular complexity index is 342. The van der Waals surface area contributed by atoms with E-state index in [0.717, 1.165) is 24.5 Å². The minimum absolute atomic E-state index is 0.126. The Hall–Kier alpha value is -1.12. The minimum Gasteiger partial charge on any atom is -0.332 e.